The van der Waals surface area contributed by atoms with Crippen LogP contribution in [0.25, 0.3) is 0 Å². The van der Waals surface area contributed by atoms with Gasteiger partial charge in [0.25, 0.3) is 0 Å². The molecule has 3 aromatic rings. The number of carbonyl (C=O) groups is 1. The highest BCUT2D eigenvalue weighted by Gasteiger charge is 2.44. The zero-order chi connectivity index (χ0) is 33.0. The quantitative estimate of drug-likeness (QED) is 0.127. The molecular weight excluding hydrogens is 597 g/mol. The van der Waals surface area contributed by atoms with Gasteiger partial charge in [-0.3, -0.25) is 0 Å². The van der Waals surface area contributed by atoms with Crippen molar-refractivity contribution in [1.82, 2.24) is 0 Å². The number of hydrogen-bond donors (Lipinski definition) is 1. The van der Waals surface area contributed by atoms with E-state index in [-0.39, 0.29) is 27.5 Å². The SMILES string of the molecule is Cc1ccc(C(C)(C)C)c(SC2=C(O)CC(CCc3ccccc3)(c3ccc(OCCO[Si](C)(C)C(C)(C)C)cc3)OC2=O)c1. The molecule has 1 aliphatic rings. The lowest BCUT2D eigenvalue weighted by atomic mass is 9.82. The van der Waals surface area contributed by atoms with Crippen LogP contribution >= 0.6 is 11.8 Å². The minimum absolute atomic E-state index is 0.0637. The first-order valence-electron chi connectivity index (χ1n) is 15.9. The maximum Gasteiger partial charge on any atom is 0.349 e. The van der Waals surface area contributed by atoms with E-state index in [0.717, 1.165) is 32.9 Å². The number of cyclic esters (lactones) is 1. The third-order valence-electron chi connectivity index (χ3n) is 9.01. The summed E-state index contributed by atoms with van der Waals surface area (Å²) < 4.78 is 18.6. The number of rotatable bonds is 11. The summed E-state index contributed by atoms with van der Waals surface area (Å²) in [5.41, 5.74) is 3.07. The summed E-state index contributed by atoms with van der Waals surface area (Å²) in [5, 5.41) is 11.6. The van der Waals surface area contributed by atoms with Crippen molar-refractivity contribution in [2.75, 3.05) is 13.2 Å². The van der Waals surface area contributed by atoms with Gasteiger partial charge in [-0.05, 0) is 83.8 Å². The van der Waals surface area contributed by atoms with Crippen LogP contribution in [0.15, 0.2) is 88.4 Å². The van der Waals surface area contributed by atoms with Gasteiger partial charge in [-0.15, -0.1) is 0 Å². The Balaban J connectivity index is 1.57. The minimum Gasteiger partial charge on any atom is -0.511 e. The first kappa shape index (κ1) is 34.9. The highest BCUT2D eigenvalue weighted by molar-refractivity contribution is 8.04. The lowest BCUT2D eigenvalue weighted by molar-refractivity contribution is -0.160. The van der Waals surface area contributed by atoms with Crippen LogP contribution in [0, 0.1) is 6.92 Å². The molecule has 7 heteroatoms. The van der Waals surface area contributed by atoms with Crippen LogP contribution in [0.3, 0.4) is 0 Å². The van der Waals surface area contributed by atoms with Crippen LogP contribution in [0.1, 0.15) is 76.6 Å². The fourth-order valence-corrected chi connectivity index (χ4v) is 7.53. The molecule has 4 rings (SSSR count). The number of hydrogen-bond acceptors (Lipinski definition) is 6. The molecular formula is C38H50O5SSi. The molecule has 45 heavy (non-hydrogen) atoms. The highest BCUT2D eigenvalue weighted by Crippen LogP contribution is 2.47. The maximum atomic E-state index is 13.8. The normalized spacial score (nSPS) is 17.8. The molecule has 1 aliphatic heterocycles. The van der Waals surface area contributed by atoms with E-state index in [2.05, 4.69) is 85.0 Å². The van der Waals surface area contributed by atoms with Gasteiger partial charge < -0.3 is 19.0 Å². The molecule has 5 nitrogen and oxygen atoms in total. The van der Waals surface area contributed by atoms with E-state index >= 15 is 0 Å². The van der Waals surface area contributed by atoms with Crippen molar-refractivity contribution >= 4 is 26.0 Å². The predicted octanol–water partition coefficient (Wildman–Crippen LogP) is 10.0. The zero-order valence-corrected chi connectivity index (χ0v) is 30.3. The van der Waals surface area contributed by atoms with Gasteiger partial charge in [0.1, 0.15) is 28.6 Å². The lowest BCUT2D eigenvalue weighted by Crippen LogP contribution is -2.41. The van der Waals surface area contributed by atoms with Gasteiger partial charge in [-0.25, -0.2) is 4.79 Å². The molecule has 1 atom stereocenters. The van der Waals surface area contributed by atoms with Crippen LogP contribution in [-0.4, -0.2) is 32.6 Å². The second-order valence-corrected chi connectivity index (χ2v) is 20.5. The number of ether oxygens (including phenoxy) is 2. The minimum atomic E-state index is -1.84. The van der Waals surface area contributed by atoms with E-state index < -0.39 is 19.9 Å². The van der Waals surface area contributed by atoms with Gasteiger partial charge >= 0.3 is 5.97 Å². The van der Waals surface area contributed by atoms with Crippen molar-refractivity contribution in [3.63, 3.8) is 0 Å². The van der Waals surface area contributed by atoms with E-state index in [0.29, 0.717) is 26.1 Å². The molecule has 0 saturated heterocycles. The first-order chi connectivity index (χ1) is 21.0. The summed E-state index contributed by atoms with van der Waals surface area (Å²) in [7, 11) is -1.84. The number of esters is 1. The van der Waals surface area contributed by atoms with Gasteiger partial charge in [-0.1, -0.05) is 108 Å². The molecule has 0 radical (unpaired) electrons. The lowest BCUT2D eigenvalue weighted by Gasteiger charge is -2.38. The Morgan fingerprint density at radius 1 is 0.933 bits per heavy atom. The summed E-state index contributed by atoms with van der Waals surface area (Å²) in [4.78, 5) is 15.0. The Morgan fingerprint density at radius 3 is 2.20 bits per heavy atom. The summed E-state index contributed by atoms with van der Waals surface area (Å²) >= 11 is 1.30. The monoisotopic (exact) mass is 646 g/mol. The molecule has 0 saturated carbocycles. The molecule has 242 valence electrons. The molecule has 1 unspecified atom stereocenters. The molecule has 0 fully saturated rings. The molecule has 3 aromatic carbocycles. The van der Waals surface area contributed by atoms with Crippen LogP contribution in [-0.2, 0) is 31.4 Å². The zero-order valence-electron chi connectivity index (χ0n) is 28.5. The molecule has 1 heterocycles. The Morgan fingerprint density at radius 2 is 1.60 bits per heavy atom. The standard InChI is InChI=1S/C38H50O5SSi/c1-27-15-20-31(36(2,3)4)33(25-27)44-34-32(39)26-38(43-35(34)40,22-21-28-13-11-10-12-14-28)29-16-18-30(19-17-29)41-23-24-42-45(8,9)37(5,6)7/h10-20,25,39H,21-24,26H2,1-9H3. The maximum absolute atomic E-state index is 13.8. The van der Waals surface area contributed by atoms with E-state index in [1.807, 2.05) is 49.4 Å². The third kappa shape index (κ3) is 8.63. The Kier molecular flexibility index (Phi) is 10.7. The second-order valence-electron chi connectivity index (χ2n) is 14.7. The van der Waals surface area contributed by atoms with Crippen molar-refractivity contribution in [3.8, 4) is 5.75 Å². The van der Waals surface area contributed by atoms with Crippen molar-refractivity contribution in [1.29, 1.82) is 0 Å². The number of thioether (sulfide) groups is 1. The summed E-state index contributed by atoms with van der Waals surface area (Å²) in [6.07, 6.45) is 1.42. The molecule has 0 amide bonds. The van der Waals surface area contributed by atoms with Gasteiger partial charge in [0.2, 0.25) is 0 Å². The largest absolute Gasteiger partial charge is 0.511 e. The van der Waals surface area contributed by atoms with Crippen LogP contribution in [0.2, 0.25) is 18.1 Å². The van der Waals surface area contributed by atoms with Crippen molar-refractivity contribution in [3.05, 3.63) is 106 Å². The Hall–Kier alpha value is -3.00. The highest BCUT2D eigenvalue weighted by atomic mass is 32.2. The van der Waals surface area contributed by atoms with Crippen molar-refractivity contribution < 1.29 is 23.8 Å². The Labute approximate surface area is 275 Å². The molecule has 0 bridgehead atoms. The molecule has 1 N–H and O–H groups in total. The average Bonchev–Trinajstić information content (AvgIpc) is 2.96. The molecule has 0 aromatic heterocycles. The average molecular weight is 647 g/mol. The van der Waals surface area contributed by atoms with E-state index in [4.69, 9.17) is 13.9 Å². The van der Waals surface area contributed by atoms with E-state index in [9.17, 15) is 9.90 Å². The fraction of sp³-hybridized carbons (Fsp3) is 0.447. The first-order valence-corrected chi connectivity index (χ1v) is 19.6. The van der Waals surface area contributed by atoms with Gasteiger partial charge in [0, 0.05) is 4.90 Å². The van der Waals surface area contributed by atoms with E-state index in [1.165, 1.54) is 11.8 Å². The Bertz CT molecular complexity index is 1500. The number of aliphatic hydroxyl groups is 1. The number of carbonyl (C=O) groups excluding carboxylic acids is 1. The number of aryl methyl sites for hydroxylation is 2. The van der Waals surface area contributed by atoms with Crippen LogP contribution in [0.5, 0.6) is 5.75 Å². The summed E-state index contributed by atoms with van der Waals surface area (Å²) in [6.45, 7) is 20.6. The van der Waals surface area contributed by atoms with Crippen LogP contribution in [0.4, 0.5) is 0 Å². The van der Waals surface area contributed by atoms with Crippen LogP contribution < -0.4 is 4.74 Å². The number of benzene rings is 3. The topological polar surface area (TPSA) is 65.0 Å². The van der Waals surface area contributed by atoms with Crippen molar-refractivity contribution in [2.45, 2.75) is 102 Å². The third-order valence-corrected chi connectivity index (χ3v) is 14.7. The predicted molar refractivity (Wildman–Crippen MR) is 188 cm³/mol. The van der Waals surface area contributed by atoms with Crippen molar-refractivity contribution in [2.24, 2.45) is 0 Å². The van der Waals surface area contributed by atoms with Gasteiger partial charge in [-0.2, -0.15) is 0 Å². The second kappa shape index (κ2) is 13.8. The number of aliphatic hydroxyl groups excluding tert-OH is 1. The summed E-state index contributed by atoms with van der Waals surface area (Å²) in [6, 6.07) is 24.1. The smallest absolute Gasteiger partial charge is 0.349 e. The molecule has 0 aliphatic carbocycles. The fourth-order valence-electron chi connectivity index (χ4n) is 5.24. The summed E-state index contributed by atoms with van der Waals surface area (Å²) in [5.74, 6) is 0.290. The van der Waals surface area contributed by atoms with Gasteiger partial charge in [0.05, 0.1) is 13.0 Å². The van der Waals surface area contributed by atoms with Gasteiger partial charge in [0.15, 0.2) is 8.32 Å². The van der Waals surface area contributed by atoms with E-state index in [1.54, 1.807) is 0 Å². The molecule has 0 spiro atoms.